The van der Waals surface area contributed by atoms with Crippen LogP contribution in [0.4, 0.5) is 0 Å². The fourth-order valence-electron chi connectivity index (χ4n) is 2.26. The zero-order valence-corrected chi connectivity index (χ0v) is 17.1. The highest BCUT2D eigenvalue weighted by Gasteiger charge is 2.03. The zero-order valence-electron chi connectivity index (χ0n) is 14.2. The van der Waals surface area contributed by atoms with E-state index < -0.39 is 0 Å². The molecule has 0 heterocycles. The molecule has 1 N–H and O–H groups in total. The van der Waals surface area contributed by atoms with Crippen molar-refractivity contribution in [2.75, 3.05) is 0 Å². The number of hydrazone groups is 1. The molecule has 0 atom stereocenters. The first kappa shape index (κ1) is 19.4. The maximum Gasteiger partial charge on any atom is 0.271 e. The molecule has 0 saturated carbocycles. The van der Waals surface area contributed by atoms with Gasteiger partial charge >= 0.3 is 0 Å². The minimum absolute atomic E-state index is 0.252. The maximum atomic E-state index is 12.0. The molecule has 3 rings (SSSR count). The van der Waals surface area contributed by atoms with E-state index in [2.05, 4.69) is 33.1 Å². The number of ether oxygens (including phenoxy) is 1. The van der Waals surface area contributed by atoms with E-state index in [9.17, 15) is 4.79 Å². The summed E-state index contributed by atoms with van der Waals surface area (Å²) in [6.07, 6.45) is 1.58. The number of hydrogen-bond acceptors (Lipinski definition) is 3. The molecule has 0 radical (unpaired) electrons. The van der Waals surface area contributed by atoms with E-state index in [4.69, 9.17) is 16.3 Å². The van der Waals surface area contributed by atoms with Gasteiger partial charge in [0.2, 0.25) is 0 Å². The van der Waals surface area contributed by atoms with Gasteiger partial charge in [-0.05, 0) is 82.2 Å². The number of carbonyl (C=O) groups excluding carboxylic acids is 1. The molecular weight excluding hydrogens is 475 g/mol. The molecule has 27 heavy (non-hydrogen) atoms. The average Bonchev–Trinajstić information content (AvgIpc) is 2.68. The Balaban J connectivity index is 1.56. The number of hydrogen-bond donors (Lipinski definition) is 1. The smallest absolute Gasteiger partial charge is 0.271 e. The van der Waals surface area contributed by atoms with Crippen LogP contribution in [0.25, 0.3) is 0 Å². The van der Waals surface area contributed by atoms with Crippen LogP contribution in [0.1, 0.15) is 21.5 Å². The number of rotatable bonds is 6. The Kier molecular flexibility index (Phi) is 6.84. The minimum Gasteiger partial charge on any atom is -0.489 e. The lowest BCUT2D eigenvalue weighted by Gasteiger charge is -2.07. The molecule has 136 valence electrons. The summed E-state index contributed by atoms with van der Waals surface area (Å²) in [5.74, 6) is 0.468. The van der Waals surface area contributed by atoms with Gasteiger partial charge in [-0.25, -0.2) is 5.43 Å². The molecular formula is C21H16ClIN2O2. The summed E-state index contributed by atoms with van der Waals surface area (Å²) >= 11 is 8.07. The van der Waals surface area contributed by atoms with Crippen molar-refractivity contribution in [3.8, 4) is 5.75 Å². The van der Waals surface area contributed by atoms with E-state index >= 15 is 0 Å². The number of halogens is 2. The standard InChI is InChI=1S/C21H16ClIN2O2/c22-18-8-4-15(5-9-18)14-27-20-3-1-2-16(12-20)13-24-25-21(26)17-6-10-19(23)11-7-17/h1-13H,14H2,(H,25,26)/b24-13-. The molecule has 3 aromatic carbocycles. The van der Waals surface area contributed by atoms with Crippen molar-refractivity contribution in [2.24, 2.45) is 5.10 Å². The van der Waals surface area contributed by atoms with Gasteiger partial charge < -0.3 is 4.74 Å². The van der Waals surface area contributed by atoms with Gasteiger partial charge in [-0.3, -0.25) is 4.79 Å². The Morgan fingerprint density at radius 2 is 1.81 bits per heavy atom. The Morgan fingerprint density at radius 1 is 1.07 bits per heavy atom. The third kappa shape index (κ3) is 6.08. The first-order valence-corrected chi connectivity index (χ1v) is 9.62. The lowest BCUT2D eigenvalue weighted by molar-refractivity contribution is 0.0955. The lowest BCUT2D eigenvalue weighted by Crippen LogP contribution is -2.17. The van der Waals surface area contributed by atoms with Crippen LogP contribution >= 0.6 is 34.2 Å². The van der Waals surface area contributed by atoms with E-state index in [0.29, 0.717) is 17.2 Å². The van der Waals surface area contributed by atoms with Crippen molar-refractivity contribution in [2.45, 2.75) is 6.61 Å². The first-order chi connectivity index (χ1) is 13.1. The normalized spacial score (nSPS) is 10.7. The SMILES string of the molecule is O=C(N/N=C\c1cccc(OCc2ccc(Cl)cc2)c1)c1ccc(I)cc1. The molecule has 0 aromatic heterocycles. The minimum atomic E-state index is -0.252. The summed E-state index contributed by atoms with van der Waals surface area (Å²) in [6.45, 7) is 0.446. The molecule has 0 aliphatic carbocycles. The Labute approximate surface area is 176 Å². The van der Waals surface area contributed by atoms with Crippen LogP contribution in [0.3, 0.4) is 0 Å². The van der Waals surface area contributed by atoms with Crippen molar-refractivity contribution in [1.82, 2.24) is 5.43 Å². The van der Waals surface area contributed by atoms with E-state index in [1.54, 1.807) is 18.3 Å². The van der Waals surface area contributed by atoms with Gasteiger partial charge in [-0.2, -0.15) is 5.10 Å². The predicted octanol–water partition coefficient (Wildman–Crippen LogP) is 5.29. The molecule has 1 amide bonds. The van der Waals surface area contributed by atoms with Crippen LogP contribution in [0.5, 0.6) is 5.75 Å². The highest BCUT2D eigenvalue weighted by atomic mass is 127. The second kappa shape index (κ2) is 9.53. The summed E-state index contributed by atoms with van der Waals surface area (Å²) in [4.78, 5) is 12.0. The number of amides is 1. The summed E-state index contributed by atoms with van der Waals surface area (Å²) < 4.78 is 6.86. The average molecular weight is 491 g/mol. The van der Waals surface area contributed by atoms with Crippen LogP contribution in [-0.4, -0.2) is 12.1 Å². The van der Waals surface area contributed by atoms with Crippen molar-refractivity contribution in [3.05, 3.63) is 98.1 Å². The first-order valence-electron chi connectivity index (χ1n) is 8.16. The largest absolute Gasteiger partial charge is 0.489 e. The summed E-state index contributed by atoms with van der Waals surface area (Å²) in [5.41, 5.74) is 4.94. The third-order valence-corrected chi connectivity index (χ3v) is 4.63. The second-order valence-corrected chi connectivity index (χ2v) is 7.38. The van der Waals surface area contributed by atoms with Crippen molar-refractivity contribution < 1.29 is 9.53 Å². The van der Waals surface area contributed by atoms with E-state index in [0.717, 1.165) is 20.4 Å². The van der Waals surface area contributed by atoms with Gasteiger partial charge in [-0.1, -0.05) is 35.9 Å². The fraction of sp³-hybridized carbons (Fsp3) is 0.0476. The van der Waals surface area contributed by atoms with Crippen molar-refractivity contribution >= 4 is 46.3 Å². The van der Waals surface area contributed by atoms with Crippen LogP contribution in [0.15, 0.2) is 77.9 Å². The highest BCUT2D eigenvalue weighted by Crippen LogP contribution is 2.16. The van der Waals surface area contributed by atoms with Crippen LogP contribution in [0.2, 0.25) is 5.02 Å². The van der Waals surface area contributed by atoms with E-state index in [1.807, 2.05) is 60.7 Å². The van der Waals surface area contributed by atoms with Crippen LogP contribution < -0.4 is 10.2 Å². The third-order valence-electron chi connectivity index (χ3n) is 3.66. The van der Waals surface area contributed by atoms with E-state index in [1.165, 1.54) is 0 Å². The second-order valence-electron chi connectivity index (χ2n) is 5.69. The van der Waals surface area contributed by atoms with Crippen molar-refractivity contribution in [1.29, 1.82) is 0 Å². The Morgan fingerprint density at radius 3 is 2.56 bits per heavy atom. The molecule has 3 aromatic rings. The zero-order chi connectivity index (χ0) is 19.1. The van der Waals surface area contributed by atoms with Gasteiger partial charge in [0.1, 0.15) is 12.4 Å². The monoisotopic (exact) mass is 490 g/mol. The molecule has 6 heteroatoms. The topological polar surface area (TPSA) is 50.7 Å². The highest BCUT2D eigenvalue weighted by molar-refractivity contribution is 14.1. The molecule has 0 unspecified atom stereocenters. The van der Waals surface area contributed by atoms with Gasteiger partial charge in [-0.15, -0.1) is 0 Å². The predicted molar refractivity (Wildman–Crippen MR) is 116 cm³/mol. The fourth-order valence-corrected chi connectivity index (χ4v) is 2.75. The Bertz CT molecular complexity index is 941. The molecule has 0 aliphatic heterocycles. The number of carbonyl (C=O) groups is 1. The number of nitrogens with one attached hydrogen (secondary N) is 1. The van der Waals surface area contributed by atoms with Crippen LogP contribution in [0, 0.1) is 3.57 Å². The summed E-state index contributed by atoms with van der Waals surface area (Å²) in [6, 6.07) is 22.3. The lowest BCUT2D eigenvalue weighted by atomic mass is 10.2. The number of nitrogens with zero attached hydrogens (tertiary/aromatic N) is 1. The summed E-state index contributed by atoms with van der Waals surface area (Å²) in [7, 11) is 0. The van der Waals surface area contributed by atoms with Gasteiger partial charge in [0.15, 0.2) is 0 Å². The molecule has 0 spiro atoms. The van der Waals surface area contributed by atoms with Crippen LogP contribution in [-0.2, 0) is 6.61 Å². The molecule has 0 aliphatic rings. The van der Waals surface area contributed by atoms with E-state index in [-0.39, 0.29) is 5.91 Å². The molecule has 4 nitrogen and oxygen atoms in total. The van der Waals surface area contributed by atoms with Gasteiger partial charge in [0.05, 0.1) is 6.21 Å². The quantitative estimate of drug-likeness (QED) is 0.290. The number of benzene rings is 3. The van der Waals surface area contributed by atoms with Gasteiger partial charge in [0.25, 0.3) is 5.91 Å². The maximum absolute atomic E-state index is 12.0. The molecule has 0 saturated heterocycles. The van der Waals surface area contributed by atoms with Crippen molar-refractivity contribution in [3.63, 3.8) is 0 Å². The Hall–Kier alpha value is -2.38. The molecule has 0 fully saturated rings. The van der Waals surface area contributed by atoms with Gasteiger partial charge in [0, 0.05) is 14.2 Å². The summed E-state index contributed by atoms with van der Waals surface area (Å²) in [5, 5.41) is 4.71. The molecule has 0 bridgehead atoms.